The van der Waals surface area contributed by atoms with Crippen LogP contribution in [0.2, 0.25) is 0 Å². The highest BCUT2D eigenvalue weighted by atomic mass is 79.9. The molecule has 1 N–H and O–H groups in total. The SMILES string of the molecule is COc1ccc(Br)cc1C[C@@H](C)O. The number of hydrogen-bond acceptors (Lipinski definition) is 2. The lowest BCUT2D eigenvalue weighted by Crippen LogP contribution is -2.05. The van der Waals surface area contributed by atoms with E-state index < -0.39 is 0 Å². The zero-order valence-corrected chi connectivity index (χ0v) is 9.34. The van der Waals surface area contributed by atoms with Crippen LogP contribution in [0.4, 0.5) is 0 Å². The van der Waals surface area contributed by atoms with Gasteiger partial charge in [0.2, 0.25) is 0 Å². The second kappa shape index (κ2) is 4.63. The van der Waals surface area contributed by atoms with Crippen molar-refractivity contribution in [2.24, 2.45) is 0 Å². The minimum atomic E-state index is -0.344. The van der Waals surface area contributed by atoms with E-state index in [9.17, 15) is 5.11 Å². The van der Waals surface area contributed by atoms with Gasteiger partial charge in [0, 0.05) is 10.9 Å². The third kappa shape index (κ3) is 3.01. The van der Waals surface area contributed by atoms with E-state index in [2.05, 4.69) is 15.9 Å². The highest BCUT2D eigenvalue weighted by Gasteiger charge is 2.06. The third-order valence-electron chi connectivity index (χ3n) is 1.76. The lowest BCUT2D eigenvalue weighted by atomic mass is 10.1. The zero-order chi connectivity index (χ0) is 9.84. The molecule has 1 aromatic carbocycles. The van der Waals surface area contributed by atoms with Crippen molar-refractivity contribution in [3.8, 4) is 5.75 Å². The van der Waals surface area contributed by atoms with Crippen LogP contribution in [0.25, 0.3) is 0 Å². The predicted octanol–water partition coefficient (Wildman–Crippen LogP) is 2.38. The van der Waals surface area contributed by atoms with Gasteiger partial charge < -0.3 is 9.84 Å². The van der Waals surface area contributed by atoms with Crippen LogP contribution in [0.5, 0.6) is 5.75 Å². The Morgan fingerprint density at radius 1 is 1.54 bits per heavy atom. The summed E-state index contributed by atoms with van der Waals surface area (Å²) < 4.78 is 6.17. The molecule has 0 amide bonds. The lowest BCUT2D eigenvalue weighted by molar-refractivity contribution is 0.194. The van der Waals surface area contributed by atoms with Crippen molar-refractivity contribution in [2.75, 3.05) is 7.11 Å². The van der Waals surface area contributed by atoms with Crippen LogP contribution in [0.15, 0.2) is 22.7 Å². The molecule has 0 bridgehead atoms. The topological polar surface area (TPSA) is 29.5 Å². The highest BCUT2D eigenvalue weighted by Crippen LogP contribution is 2.23. The number of aliphatic hydroxyl groups excluding tert-OH is 1. The molecule has 0 spiro atoms. The average molecular weight is 245 g/mol. The van der Waals surface area contributed by atoms with Crippen LogP contribution >= 0.6 is 15.9 Å². The van der Waals surface area contributed by atoms with Gasteiger partial charge in [0.1, 0.15) is 5.75 Å². The molecule has 0 fully saturated rings. The Labute approximate surface area is 86.7 Å². The van der Waals surface area contributed by atoms with Crippen LogP contribution in [-0.2, 0) is 6.42 Å². The van der Waals surface area contributed by atoms with Crippen LogP contribution < -0.4 is 4.74 Å². The van der Waals surface area contributed by atoms with E-state index in [1.807, 2.05) is 18.2 Å². The van der Waals surface area contributed by atoms with E-state index >= 15 is 0 Å². The number of methoxy groups -OCH3 is 1. The van der Waals surface area contributed by atoms with Crippen molar-refractivity contribution < 1.29 is 9.84 Å². The summed E-state index contributed by atoms with van der Waals surface area (Å²) in [6, 6.07) is 5.78. The number of hydrogen-bond donors (Lipinski definition) is 1. The van der Waals surface area contributed by atoms with Crippen LogP contribution in [0, 0.1) is 0 Å². The van der Waals surface area contributed by atoms with Gasteiger partial charge in [-0.1, -0.05) is 15.9 Å². The summed E-state index contributed by atoms with van der Waals surface area (Å²) in [6.07, 6.45) is 0.269. The second-order valence-electron chi connectivity index (χ2n) is 3.01. The lowest BCUT2D eigenvalue weighted by Gasteiger charge is -2.10. The van der Waals surface area contributed by atoms with Gasteiger partial charge in [0.15, 0.2) is 0 Å². The van der Waals surface area contributed by atoms with Gasteiger partial charge >= 0.3 is 0 Å². The Hall–Kier alpha value is -0.540. The largest absolute Gasteiger partial charge is 0.496 e. The number of rotatable bonds is 3. The predicted molar refractivity (Wildman–Crippen MR) is 56.1 cm³/mol. The van der Waals surface area contributed by atoms with Gasteiger partial charge in [-0.15, -0.1) is 0 Å². The van der Waals surface area contributed by atoms with Crippen LogP contribution in [0.3, 0.4) is 0 Å². The van der Waals surface area contributed by atoms with E-state index in [-0.39, 0.29) is 6.10 Å². The summed E-state index contributed by atoms with van der Waals surface area (Å²) in [5.41, 5.74) is 1.02. The normalized spacial score (nSPS) is 12.6. The first-order valence-electron chi connectivity index (χ1n) is 4.14. The maximum absolute atomic E-state index is 9.25. The van der Waals surface area contributed by atoms with Gasteiger partial charge in [-0.2, -0.15) is 0 Å². The Morgan fingerprint density at radius 2 is 2.23 bits per heavy atom. The Balaban J connectivity index is 2.94. The van der Waals surface area contributed by atoms with Crippen molar-refractivity contribution in [3.05, 3.63) is 28.2 Å². The molecule has 0 heterocycles. The molecule has 1 atom stereocenters. The van der Waals surface area contributed by atoms with Crippen molar-refractivity contribution in [1.82, 2.24) is 0 Å². The van der Waals surface area contributed by atoms with E-state index in [1.54, 1.807) is 14.0 Å². The summed E-state index contributed by atoms with van der Waals surface area (Å²) >= 11 is 3.38. The summed E-state index contributed by atoms with van der Waals surface area (Å²) in [5.74, 6) is 0.823. The number of aliphatic hydroxyl groups is 1. The van der Waals surface area contributed by atoms with Crippen molar-refractivity contribution >= 4 is 15.9 Å². The molecule has 0 unspecified atom stereocenters. The zero-order valence-electron chi connectivity index (χ0n) is 7.75. The molecule has 0 saturated carbocycles. The fraction of sp³-hybridized carbons (Fsp3) is 0.400. The maximum atomic E-state index is 9.25. The second-order valence-corrected chi connectivity index (χ2v) is 3.92. The average Bonchev–Trinajstić information content (AvgIpc) is 2.03. The van der Waals surface area contributed by atoms with E-state index in [0.717, 1.165) is 15.8 Å². The summed E-state index contributed by atoms with van der Waals surface area (Å²) in [7, 11) is 1.63. The Kier molecular flexibility index (Phi) is 3.75. The fourth-order valence-electron chi connectivity index (χ4n) is 1.22. The van der Waals surface area contributed by atoms with Gasteiger partial charge in [-0.05, 0) is 30.7 Å². The van der Waals surface area contributed by atoms with Gasteiger partial charge in [-0.25, -0.2) is 0 Å². The molecule has 0 aliphatic rings. The number of ether oxygens (including phenoxy) is 1. The quantitative estimate of drug-likeness (QED) is 0.885. The first-order chi connectivity index (χ1) is 6.13. The van der Waals surface area contributed by atoms with Crippen molar-refractivity contribution in [3.63, 3.8) is 0 Å². The fourth-order valence-corrected chi connectivity index (χ4v) is 1.63. The molecule has 0 aromatic heterocycles. The molecule has 0 aliphatic carbocycles. The Morgan fingerprint density at radius 3 is 2.77 bits per heavy atom. The van der Waals surface area contributed by atoms with Crippen molar-refractivity contribution in [1.29, 1.82) is 0 Å². The molecule has 72 valence electrons. The van der Waals surface area contributed by atoms with Crippen LogP contribution in [0.1, 0.15) is 12.5 Å². The van der Waals surface area contributed by atoms with E-state index in [1.165, 1.54) is 0 Å². The molecule has 0 saturated heterocycles. The van der Waals surface area contributed by atoms with Crippen molar-refractivity contribution in [2.45, 2.75) is 19.4 Å². The Bertz CT molecular complexity index is 284. The van der Waals surface area contributed by atoms with E-state index in [4.69, 9.17) is 4.74 Å². The summed E-state index contributed by atoms with van der Waals surface area (Å²) in [5, 5.41) is 9.25. The number of benzene rings is 1. The minimum absolute atomic E-state index is 0.344. The monoisotopic (exact) mass is 244 g/mol. The van der Waals surface area contributed by atoms with Gasteiger partial charge in [0.05, 0.1) is 13.2 Å². The smallest absolute Gasteiger partial charge is 0.122 e. The molecule has 0 aliphatic heterocycles. The molecule has 1 rings (SSSR count). The minimum Gasteiger partial charge on any atom is -0.496 e. The summed E-state index contributed by atoms with van der Waals surface area (Å²) in [6.45, 7) is 1.76. The highest BCUT2D eigenvalue weighted by molar-refractivity contribution is 9.10. The molecule has 13 heavy (non-hydrogen) atoms. The third-order valence-corrected chi connectivity index (χ3v) is 2.25. The molecule has 0 radical (unpaired) electrons. The molecule has 3 heteroatoms. The standard InChI is InChI=1S/C10H13BrO2/c1-7(12)5-8-6-9(11)3-4-10(8)13-2/h3-4,6-7,12H,5H2,1-2H3/t7-/m1/s1. The van der Waals surface area contributed by atoms with Gasteiger partial charge in [0.25, 0.3) is 0 Å². The summed E-state index contributed by atoms with van der Waals surface area (Å²) in [4.78, 5) is 0. The first kappa shape index (κ1) is 10.5. The molecule has 2 nitrogen and oxygen atoms in total. The van der Waals surface area contributed by atoms with Crippen LogP contribution in [-0.4, -0.2) is 18.3 Å². The first-order valence-corrected chi connectivity index (χ1v) is 4.93. The molecule has 1 aromatic rings. The molecular formula is C10H13BrO2. The maximum Gasteiger partial charge on any atom is 0.122 e. The van der Waals surface area contributed by atoms with Gasteiger partial charge in [-0.3, -0.25) is 0 Å². The van der Waals surface area contributed by atoms with E-state index in [0.29, 0.717) is 6.42 Å². The number of halogens is 1. The molecular weight excluding hydrogens is 232 g/mol.